The van der Waals surface area contributed by atoms with Crippen molar-refractivity contribution in [2.24, 2.45) is 0 Å². The average Bonchev–Trinajstić information content (AvgIpc) is 2.79. The monoisotopic (exact) mass is 231 g/mol. The SMILES string of the molecule is CCCCCC(NC)c1cnn2ccccc12. The van der Waals surface area contributed by atoms with Crippen LogP contribution in [-0.4, -0.2) is 16.7 Å². The van der Waals surface area contributed by atoms with E-state index in [4.69, 9.17) is 0 Å². The Morgan fingerprint density at radius 3 is 3.00 bits per heavy atom. The van der Waals surface area contributed by atoms with Crippen LogP contribution in [-0.2, 0) is 0 Å². The van der Waals surface area contributed by atoms with Crippen LogP contribution in [0.1, 0.15) is 44.2 Å². The number of nitrogens with zero attached hydrogens (tertiary/aromatic N) is 2. The van der Waals surface area contributed by atoms with Crippen molar-refractivity contribution < 1.29 is 0 Å². The molecule has 0 aliphatic carbocycles. The molecule has 0 amide bonds. The highest BCUT2D eigenvalue weighted by Gasteiger charge is 2.13. The van der Waals surface area contributed by atoms with E-state index in [-0.39, 0.29) is 0 Å². The minimum Gasteiger partial charge on any atom is -0.313 e. The second kappa shape index (κ2) is 5.82. The van der Waals surface area contributed by atoms with Crippen molar-refractivity contribution in [3.8, 4) is 0 Å². The van der Waals surface area contributed by atoms with Crippen molar-refractivity contribution >= 4 is 5.52 Å². The van der Waals surface area contributed by atoms with E-state index in [1.165, 1.54) is 36.8 Å². The summed E-state index contributed by atoms with van der Waals surface area (Å²) in [6, 6.07) is 6.63. The minimum absolute atomic E-state index is 0.418. The second-order valence-corrected chi connectivity index (χ2v) is 4.47. The molecule has 1 atom stereocenters. The number of hydrogen-bond donors (Lipinski definition) is 1. The molecule has 2 rings (SSSR count). The minimum atomic E-state index is 0.418. The topological polar surface area (TPSA) is 29.3 Å². The molecule has 0 aromatic carbocycles. The number of hydrogen-bond acceptors (Lipinski definition) is 2. The summed E-state index contributed by atoms with van der Waals surface area (Å²) >= 11 is 0. The summed E-state index contributed by atoms with van der Waals surface area (Å²) in [5.41, 5.74) is 2.52. The number of fused-ring (bicyclic) bond motifs is 1. The smallest absolute Gasteiger partial charge is 0.0709 e. The van der Waals surface area contributed by atoms with Gasteiger partial charge < -0.3 is 5.32 Å². The number of pyridine rings is 1. The van der Waals surface area contributed by atoms with E-state index in [1.54, 1.807) is 0 Å². The predicted molar refractivity (Wildman–Crippen MR) is 71.1 cm³/mol. The zero-order valence-corrected chi connectivity index (χ0v) is 10.7. The van der Waals surface area contributed by atoms with E-state index in [2.05, 4.69) is 29.5 Å². The summed E-state index contributed by atoms with van der Waals surface area (Å²) in [5, 5.41) is 7.79. The molecule has 0 fully saturated rings. The fraction of sp³-hybridized carbons (Fsp3) is 0.500. The summed E-state index contributed by atoms with van der Waals surface area (Å²) in [6.07, 6.45) is 9.01. The predicted octanol–water partition coefficient (Wildman–Crippen LogP) is 3.18. The number of rotatable bonds is 6. The lowest BCUT2D eigenvalue weighted by atomic mass is 10.0. The Labute approximate surface area is 103 Å². The Balaban J connectivity index is 2.18. The van der Waals surface area contributed by atoms with E-state index in [1.807, 2.05) is 30.0 Å². The van der Waals surface area contributed by atoms with Gasteiger partial charge in [0.15, 0.2) is 0 Å². The van der Waals surface area contributed by atoms with Crippen LogP contribution in [0.15, 0.2) is 30.6 Å². The first-order chi connectivity index (χ1) is 8.36. The molecule has 2 aromatic heterocycles. The summed E-state index contributed by atoms with van der Waals surface area (Å²) in [7, 11) is 2.03. The molecule has 0 radical (unpaired) electrons. The average molecular weight is 231 g/mol. The first-order valence-corrected chi connectivity index (χ1v) is 6.46. The Morgan fingerprint density at radius 1 is 1.35 bits per heavy atom. The largest absolute Gasteiger partial charge is 0.313 e. The Kier molecular flexibility index (Phi) is 4.15. The van der Waals surface area contributed by atoms with Crippen LogP contribution in [0.25, 0.3) is 5.52 Å². The zero-order chi connectivity index (χ0) is 12.1. The number of nitrogens with one attached hydrogen (secondary N) is 1. The molecule has 0 saturated carbocycles. The quantitative estimate of drug-likeness (QED) is 0.774. The van der Waals surface area contributed by atoms with E-state index in [0.29, 0.717) is 6.04 Å². The number of aromatic nitrogens is 2. The molecule has 3 heteroatoms. The van der Waals surface area contributed by atoms with Crippen LogP contribution < -0.4 is 5.32 Å². The van der Waals surface area contributed by atoms with Crippen LogP contribution in [0.2, 0.25) is 0 Å². The van der Waals surface area contributed by atoms with Crippen molar-refractivity contribution in [2.45, 2.75) is 38.6 Å². The lowest BCUT2D eigenvalue weighted by molar-refractivity contribution is 0.514. The highest BCUT2D eigenvalue weighted by molar-refractivity contribution is 5.54. The molecular weight excluding hydrogens is 210 g/mol. The van der Waals surface area contributed by atoms with Gasteiger partial charge in [-0.2, -0.15) is 5.10 Å². The maximum absolute atomic E-state index is 4.39. The molecule has 0 spiro atoms. The third-order valence-electron chi connectivity index (χ3n) is 3.28. The van der Waals surface area contributed by atoms with E-state index in [9.17, 15) is 0 Å². The van der Waals surface area contributed by atoms with E-state index >= 15 is 0 Å². The molecule has 3 nitrogen and oxygen atoms in total. The third-order valence-corrected chi connectivity index (χ3v) is 3.28. The third kappa shape index (κ3) is 2.67. The molecule has 2 aromatic rings. The van der Waals surface area contributed by atoms with Gasteiger partial charge in [-0.1, -0.05) is 32.3 Å². The van der Waals surface area contributed by atoms with Crippen LogP contribution in [0.3, 0.4) is 0 Å². The Morgan fingerprint density at radius 2 is 2.24 bits per heavy atom. The summed E-state index contributed by atoms with van der Waals surface area (Å²) in [5.74, 6) is 0. The fourth-order valence-corrected chi connectivity index (χ4v) is 2.28. The highest BCUT2D eigenvalue weighted by Crippen LogP contribution is 2.23. The van der Waals surface area contributed by atoms with Gasteiger partial charge in [-0.15, -0.1) is 0 Å². The Hall–Kier alpha value is -1.35. The summed E-state index contributed by atoms with van der Waals surface area (Å²) < 4.78 is 1.94. The van der Waals surface area contributed by atoms with Crippen molar-refractivity contribution in [3.05, 3.63) is 36.2 Å². The van der Waals surface area contributed by atoms with Crippen LogP contribution in [0.4, 0.5) is 0 Å². The molecule has 1 unspecified atom stereocenters. The van der Waals surface area contributed by atoms with Gasteiger partial charge >= 0.3 is 0 Å². The lowest BCUT2D eigenvalue weighted by Gasteiger charge is -2.14. The normalized spacial score (nSPS) is 13.1. The highest BCUT2D eigenvalue weighted by atomic mass is 15.2. The lowest BCUT2D eigenvalue weighted by Crippen LogP contribution is -2.16. The van der Waals surface area contributed by atoms with E-state index in [0.717, 1.165) is 0 Å². The van der Waals surface area contributed by atoms with Crippen molar-refractivity contribution in [1.29, 1.82) is 0 Å². The standard InChI is InChI=1S/C14H21N3/c1-3-4-5-8-13(15-2)12-11-16-17-10-7-6-9-14(12)17/h6-7,9-11,13,15H,3-5,8H2,1-2H3. The van der Waals surface area contributed by atoms with Crippen LogP contribution in [0.5, 0.6) is 0 Å². The van der Waals surface area contributed by atoms with Gasteiger partial charge in [0.2, 0.25) is 0 Å². The van der Waals surface area contributed by atoms with Crippen LogP contribution >= 0.6 is 0 Å². The van der Waals surface area contributed by atoms with E-state index < -0.39 is 0 Å². The van der Waals surface area contributed by atoms with Crippen molar-refractivity contribution in [1.82, 2.24) is 14.9 Å². The zero-order valence-electron chi connectivity index (χ0n) is 10.7. The molecule has 17 heavy (non-hydrogen) atoms. The molecule has 2 heterocycles. The maximum Gasteiger partial charge on any atom is 0.0709 e. The summed E-state index contributed by atoms with van der Waals surface area (Å²) in [6.45, 7) is 2.24. The molecular formula is C14H21N3. The van der Waals surface area contributed by atoms with Crippen LogP contribution in [0, 0.1) is 0 Å². The van der Waals surface area contributed by atoms with Crippen molar-refractivity contribution in [3.63, 3.8) is 0 Å². The molecule has 0 aliphatic heterocycles. The first kappa shape index (κ1) is 12.1. The first-order valence-electron chi connectivity index (χ1n) is 6.46. The van der Waals surface area contributed by atoms with Gasteiger partial charge in [0.25, 0.3) is 0 Å². The van der Waals surface area contributed by atoms with Gasteiger partial charge in [0.1, 0.15) is 0 Å². The number of unbranched alkanes of at least 4 members (excludes halogenated alkanes) is 2. The molecule has 0 bridgehead atoms. The van der Waals surface area contributed by atoms with Gasteiger partial charge in [0.05, 0.1) is 11.7 Å². The molecule has 0 aliphatic rings. The van der Waals surface area contributed by atoms with Gasteiger partial charge in [-0.3, -0.25) is 0 Å². The van der Waals surface area contributed by atoms with Crippen molar-refractivity contribution in [2.75, 3.05) is 7.05 Å². The van der Waals surface area contributed by atoms with Gasteiger partial charge in [-0.05, 0) is 25.6 Å². The molecule has 92 valence electrons. The van der Waals surface area contributed by atoms with Gasteiger partial charge in [-0.25, -0.2) is 4.52 Å². The molecule has 1 N–H and O–H groups in total. The fourth-order valence-electron chi connectivity index (χ4n) is 2.28. The Bertz CT molecular complexity index is 461. The molecule has 0 saturated heterocycles. The second-order valence-electron chi connectivity index (χ2n) is 4.47. The maximum atomic E-state index is 4.39. The van der Waals surface area contributed by atoms with Gasteiger partial charge in [0, 0.05) is 17.8 Å². The summed E-state index contributed by atoms with van der Waals surface area (Å²) in [4.78, 5) is 0.